The molecule has 0 spiro atoms. The number of nitrogens with two attached hydrogens (primary N) is 1. The molecule has 3 N–H and O–H groups in total. The number of morpholine rings is 1. The van der Waals surface area contributed by atoms with Gasteiger partial charge in [-0.3, -0.25) is 14.6 Å². The van der Waals surface area contributed by atoms with E-state index in [4.69, 9.17) is 20.0 Å². The Hall–Kier alpha value is -2.72. The molecule has 9 nitrogen and oxygen atoms in total. The molecule has 1 aliphatic carbocycles. The van der Waals surface area contributed by atoms with Crippen LogP contribution in [0.2, 0.25) is 0 Å². The number of nitrogens with zero attached hydrogens (tertiary/aromatic N) is 4. The first kappa shape index (κ1) is 22.1. The molecule has 0 aromatic carbocycles. The highest BCUT2D eigenvalue weighted by atomic mass is 32.1. The monoisotopic (exact) mass is 471 g/mol. The number of carbonyl (C=O) groups is 1. The smallest absolute Gasteiger partial charge is 0.306 e. The predicted molar refractivity (Wildman–Crippen MR) is 127 cm³/mol. The number of aromatic nitrogens is 3. The number of fused-ring (bicyclic) bond motifs is 2. The lowest BCUT2D eigenvalue weighted by atomic mass is 9.69. The molecule has 3 aromatic rings. The standard InChI is InChI=1S/C23H30N6O3S/c1-4-23(2,3)15-5-6-17-14(11-15)12-16-19(24)20(33-22(16)25-17)21(30)26-18-13-29(27-32-18)28-7-9-31-10-8-28/h12-13,15H,4-11H2,1-3H3,(H2-,24,26,27,30)/p+1. The summed E-state index contributed by atoms with van der Waals surface area (Å²) in [4.78, 5) is 20.7. The molecule has 3 aromatic heterocycles. The quantitative estimate of drug-likeness (QED) is 0.551. The van der Waals surface area contributed by atoms with Crippen molar-refractivity contribution >= 4 is 39.0 Å². The molecule has 0 saturated carbocycles. The fourth-order valence-corrected chi connectivity index (χ4v) is 5.66. The molecule has 4 heterocycles. The van der Waals surface area contributed by atoms with Crippen LogP contribution in [0.25, 0.3) is 10.2 Å². The maximum absolute atomic E-state index is 13.0. The van der Waals surface area contributed by atoms with Crippen LogP contribution >= 0.6 is 11.3 Å². The summed E-state index contributed by atoms with van der Waals surface area (Å²) in [6.45, 7) is 9.64. The van der Waals surface area contributed by atoms with Crippen molar-refractivity contribution in [2.24, 2.45) is 11.3 Å². The minimum atomic E-state index is -0.316. The van der Waals surface area contributed by atoms with Gasteiger partial charge in [-0.05, 0) is 42.2 Å². The summed E-state index contributed by atoms with van der Waals surface area (Å²) in [5.41, 5.74) is 9.60. The first-order valence-electron chi connectivity index (χ1n) is 11.6. The molecule has 1 amide bonds. The molecular formula is C23H31N6O3S+. The zero-order valence-electron chi connectivity index (χ0n) is 19.4. The number of thiophene rings is 1. The van der Waals surface area contributed by atoms with Crippen LogP contribution in [0.5, 0.6) is 0 Å². The maximum Gasteiger partial charge on any atom is 0.306 e. The van der Waals surface area contributed by atoms with Gasteiger partial charge in [0, 0.05) is 11.1 Å². The zero-order chi connectivity index (χ0) is 23.2. The number of anilines is 2. The van der Waals surface area contributed by atoms with Gasteiger partial charge < -0.3 is 10.5 Å². The van der Waals surface area contributed by atoms with E-state index in [0.717, 1.165) is 41.6 Å². The summed E-state index contributed by atoms with van der Waals surface area (Å²) in [6.07, 6.45) is 5.93. The van der Waals surface area contributed by atoms with Crippen molar-refractivity contribution in [3.8, 4) is 0 Å². The highest BCUT2D eigenvalue weighted by Crippen LogP contribution is 2.42. The second kappa shape index (κ2) is 8.57. The second-order valence-corrected chi connectivity index (χ2v) is 10.6. The van der Waals surface area contributed by atoms with Crippen LogP contribution < -0.4 is 20.9 Å². The lowest BCUT2D eigenvalue weighted by Crippen LogP contribution is -2.62. The van der Waals surface area contributed by atoms with Gasteiger partial charge in [0.2, 0.25) is 5.27 Å². The maximum atomic E-state index is 13.0. The Labute approximate surface area is 196 Å². The van der Waals surface area contributed by atoms with Gasteiger partial charge in [-0.2, -0.15) is 0 Å². The van der Waals surface area contributed by atoms with Crippen LogP contribution in [0, 0.1) is 11.3 Å². The molecule has 5 rings (SSSR count). The van der Waals surface area contributed by atoms with E-state index in [2.05, 4.69) is 37.4 Å². The van der Waals surface area contributed by atoms with Crippen LogP contribution in [-0.2, 0) is 17.6 Å². The first-order chi connectivity index (χ1) is 15.9. The highest BCUT2D eigenvalue weighted by Gasteiger charge is 2.32. The average Bonchev–Trinajstić information content (AvgIpc) is 3.42. The molecule has 33 heavy (non-hydrogen) atoms. The van der Waals surface area contributed by atoms with Crippen LogP contribution in [-0.4, -0.2) is 42.5 Å². The zero-order valence-corrected chi connectivity index (χ0v) is 20.2. The molecule has 0 radical (unpaired) electrons. The van der Waals surface area contributed by atoms with E-state index in [1.807, 2.05) is 5.01 Å². The van der Waals surface area contributed by atoms with E-state index in [0.29, 0.717) is 48.2 Å². The van der Waals surface area contributed by atoms with Gasteiger partial charge in [0.05, 0.1) is 36.8 Å². The number of hydrogen-bond donors (Lipinski definition) is 2. The Morgan fingerprint density at radius 1 is 1.39 bits per heavy atom. The summed E-state index contributed by atoms with van der Waals surface area (Å²) in [7, 11) is 0. The van der Waals surface area contributed by atoms with E-state index in [1.54, 1.807) is 11.0 Å². The van der Waals surface area contributed by atoms with Gasteiger partial charge >= 0.3 is 5.88 Å². The van der Waals surface area contributed by atoms with Crippen LogP contribution in [0.3, 0.4) is 0 Å². The number of amides is 1. The number of pyridine rings is 1. The lowest BCUT2D eigenvalue weighted by Gasteiger charge is -2.36. The summed E-state index contributed by atoms with van der Waals surface area (Å²) < 4.78 is 10.7. The van der Waals surface area contributed by atoms with Gasteiger partial charge in [-0.25, -0.2) is 4.98 Å². The SMILES string of the molecule is CCC(C)(C)C1CCc2nc3sc(C(=O)Nc4c[n+](N5CCOCC5)no4)c(N)c3cc2C1. The van der Waals surface area contributed by atoms with Gasteiger partial charge in [0.25, 0.3) is 12.1 Å². The molecule has 2 aliphatic rings. The summed E-state index contributed by atoms with van der Waals surface area (Å²) in [5.74, 6) is 0.575. The highest BCUT2D eigenvalue weighted by molar-refractivity contribution is 7.21. The van der Waals surface area contributed by atoms with Gasteiger partial charge in [-0.1, -0.05) is 27.2 Å². The average molecular weight is 472 g/mol. The van der Waals surface area contributed by atoms with Crippen molar-refractivity contribution in [2.45, 2.75) is 46.5 Å². The predicted octanol–water partition coefficient (Wildman–Crippen LogP) is 2.92. The minimum Gasteiger partial charge on any atom is -0.397 e. The third-order valence-corrected chi connectivity index (χ3v) is 8.39. The van der Waals surface area contributed by atoms with Crippen LogP contribution in [0.4, 0.5) is 11.6 Å². The fourth-order valence-electron chi connectivity index (χ4n) is 4.67. The Bertz CT molecular complexity index is 1180. The number of carbonyl (C=O) groups excluding carboxylic acids is 1. The molecule has 1 fully saturated rings. The van der Waals surface area contributed by atoms with Crippen molar-refractivity contribution in [2.75, 3.05) is 42.4 Å². The van der Waals surface area contributed by atoms with Gasteiger partial charge in [0.1, 0.15) is 9.71 Å². The second-order valence-electron chi connectivity index (χ2n) is 9.58. The van der Waals surface area contributed by atoms with E-state index >= 15 is 0 Å². The van der Waals surface area contributed by atoms with Crippen LogP contribution in [0.1, 0.15) is 54.5 Å². The van der Waals surface area contributed by atoms with E-state index < -0.39 is 0 Å². The van der Waals surface area contributed by atoms with E-state index in [9.17, 15) is 4.79 Å². The number of nitrogens with one attached hydrogen (secondary N) is 1. The van der Waals surface area contributed by atoms with Crippen molar-refractivity contribution in [3.05, 3.63) is 28.4 Å². The molecule has 10 heteroatoms. The van der Waals surface area contributed by atoms with Crippen molar-refractivity contribution < 1.29 is 18.8 Å². The van der Waals surface area contributed by atoms with Gasteiger partial charge in [0.15, 0.2) is 0 Å². The van der Waals surface area contributed by atoms with Crippen molar-refractivity contribution in [3.63, 3.8) is 0 Å². The Morgan fingerprint density at radius 3 is 2.94 bits per heavy atom. The fraction of sp³-hybridized carbons (Fsp3) is 0.565. The molecule has 1 aliphatic heterocycles. The first-order valence-corrected chi connectivity index (χ1v) is 12.4. The minimum absolute atomic E-state index is 0.264. The summed E-state index contributed by atoms with van der Waals surface area (Å²) >= 11 is 1.33. The topological polar surface area (TPSA) is 110 Å². The number of nitrogen functional groups attached to an aromatic ring is 1. The number of hydrogen-bond acceptors (Lipinski definition) is 8. The number of ether oxygens (including phenoxy) is 1. The molecule has 1 saturated heterocycles. The van der Waals surface area contributed by atoms with Crippen molar-refractivity contribution in [1.82, 2.24) is 10.3 Å². The number of aryl methyl sites for hydroxylation is 1. The largest absolute Gasteiger partial charge is 0.397 e. The Kier molecular flexibility index (Phi) is 5.74. The van der Waals surface area contributed by atoms with E-state index in [1.165, 1.54) is 16.9 Å². The molecule has 0 bridgehead atoms. The third-order valence-electron chi connectivity index (χ3n) is 7.28. The van der Waals surface area contributed by atoms with Crippen LogP contribution in [0.15, 0.2) is 16.8 Å². The lowest BCUT2D eigenvalue weighted by molar-refractivity contribution is -0.759. The van der Waals surface area contributed by atoms with Gasteiger partial charge in [-0.15, -0.1) is 16.3 Å². The number of rotatable bonds is 5. The summed E-state index contributed by atoms with van der Waals surface area (Å²) in [6, 6.07) is 2.15. The molecule has 1 atom stereocenters. The summed E-state index contributed by atoms with van der Waals surface area (Å²) in [5, 5.41) is 9.62. The molecular weight excluding hydrogens is 440 g/mol. The molecule has 176 valence electrons. The molecule has 1 unspecified atom stereocenters. The Balaban J connectivity index is 1.36. The Morgan fingerprint density at radius 2 is 2.18 bits per heavy atom. The van der Waals surface area contributed by atoms with E-state index in [-0.39, 0.29) is 11.8 Å². The third kappa shape index (κ3) is 4.17. The normalized spacial score (nSPS) is 19.0. The van der Waals surface area contributed by atoms with Crippen molar-refractivity contribution in [1.29, 1.82) is 0 Å².